The van der Waals surface area contributed by atoms with Gasteiger partial charge in [-0.05, 0) is 12.8 Å². The van der Waals surface area contributed by atoms with Gasteiger partial charge in [0.05, 0.1) is 0 Å². The number of rotatable bonds is 15. The molecule has 0 aromatic carbocycles. The van der Waals surface area contributed by atoms with Gasteiger partial charge in [0.25, 0.3) is 0 Å². The topological polar surface area (TPSA) is 35.5 Å². The van der Waals surface area contributed by atoms with Gasteiger partial charge in [-0.15, -0.1) is 9.05 Å². The monoisotopic (exact) mass is 291 g/mol. The van der Waals surface area contributed by atoms with Gasteiger partial charge in [-0.25, -0.2) is 0 Å². The van der Waals surface area contributed by atoms with E-state index in [0.29, 0.717) is 13.2 Å². The SMILES string of the molecule is CCCCCCCCCO[P+](=O)OCCCCCC. The van der Waals surface area contributed by atoms with Crippen molar-refractivity contribution in [2.45, 2.75) is 84.5 Å². The summed E-state index contributed by atoms with van der Waals surface area (Å²) >= 11 is 0. The number of hydrogen-bond donors (Lipinski definition) is 0. The van der Waals surface area contributed by atoms with E-state index in [1.54, 1.807) is 0 Å². The fraction of sp³-hybridized carbons (Fsp3) is 1.00. The van der Waals surface area contributed by atoms with E-state index in [-0.39, 0.29) is 0 Å². The Kier molecular flexibility index (Phi) is 16.1. The summed E-state index contributed by atoms with van der Waals surface area (Å²) in [6.07, 6.45) is 13.3. The zero-order valence-electron chi connectivity index (χ0n) is 12.9. The average Bonchev–Trinajstić information content (AvgIpc) is 2.41. The lowest BCUT2D eigenvalue weighted by Crippen LogP contribution is -1.92. The molecule has 1 atom stereocenters. The highest BCUT2D eigenvalue weighted by Gasteiger charge is 2.18. The molecule has 19 heavy (non-hydrogen) atoms. The molecule has 1 unspecified atom stereocenters. The minimum atomic E-state index is -1.88. The van der Waals surface area contributed by atoms with E-state index in [1.807, 2.05) is 0 Å². The molecule has 0 saturated heterocycles. The van der Waals surface area contributed by atoms with Crippen LogP contribution in [0.5, 0.6) is 0 Å². The van der Waals surface area contributed by atoms with E-state index in [1.165, 1.54) is 51.4 Å². The van der Waals surface area contributed by atoms with Crippen molar-refractivity contribution in [1.29, 1.82) is 0 Å². The Hall–Kier alpha value is 0.0200. The minimum Gasteiger partial charge on any atom is -0.119 e. The van der Waals surface area contributed by atoms with Gasteiger partial charge in [-0.3, -0.25) is 0 Å². The van der Waals surface area contributed by atoms with Crippen LogP contribution in [-0.2, 0) is 13.6 Å². The minimum absolute atomic E-state index is 0.562. The average molecular weight is 291 g/mol. The maximum absolute atomic E-state index is 11.4. The molecule has 114 valence electrons. The summed E-state index contributed by atoms with van der Waals surface area (Å²) in [7, 11) is -1.88. The Labute approximate surface area is 120 Å². The molecule has 0 heterocycles. The van der Waals surface area contributed by atoms with Crippen LogP contribution in [0.1, 0.15) is 84.5 Å². The molecular weight excluding hydrogens is 259 g/mol. The van der Waals surface area contributed by atoms with Crippen molar-refractivity contribution in [3.63, 3.8) is 0 Å². The van der Waals surface area contributed by atoms with Gasteiger partial charge in [-0.2, -0.15) is 0 Å². The lowest BCUT2D eigenvalue weighted by molar-refractivity contribution is 0.218. The van der Waals surface area contributed by atoms with Crippen LogP contribution in [0.3, 0.4) is 0 Å². The van der Waals surface area contributed by atoms with Crippen molar-refractivity contribution in [3.05, 3.63) is 0 Å². The molecule has 0 aliphatic carbocycles. The van der Waals surface area contributed by atoms with Crippen molar-refractivity contribution in [3.8, 4) is 0 Å². The van der Waals surface area contributed by atoms with Gasteiger partial charge in [-0.1, -0.05) is 71.6 Å². The lowest BCUT2D eigenvalue weighted by Gasteiger charge is -1.98. The van der Waals surface area contributed by atoms with E-state index in [2.05, 4.69) is 13.8 Å². The van der Waals surface area contributed by atoms with Gasteiger partial charge in [0.2, 0.25) is 0 Å². The fourth-order valence-corrected chi connectivity index (χ4v) is 2.53. The maximum atomic E-state index is 11.4. The quantitative estimate of drug-likeness (QED) is 0.274. The molecule has 3 nitrogen and oxygen atoms in total. The molecule has 0 N–H and O–H groups in total. The molecule has 0 aliphatic heterocycles. The first-order valence-electron chi connectivity index (χ1n) is 8.04. The van der Waals surface area contributed by atoms with Gasteiger partial charge < -0.3 is 0 Å². The third-order valence-electron chi connectivity index (χ3n) is 3.14. The second kappa shape index (κ2) is 16.1. The predicted molar refractivity (Wildman–Crippen MR) is 81.6 cm³/mol. The van der Waals surface area contributed by atoms with Crippen LogP contribution in [0.2, 0.25) is 0 Å². The van der Waals surface area contributed by atoms with E-state index in [4.69, 9.17) is 9.05 Å². The van der Waals surface area contributed by atoms with E-state index in [9.17, 15) is 4.57 Å². The highest BCUT2D eigenvalue weighted by Crippen LogP contribution is 2.24. The zero-order valence-corrected chi connectivity index (χ0v) is 13.8. The molecule has 0 bridgehead atoms. The van der Waals surface area contributed by atoms with Crippen molar-refractivity contribution < 1.29 is 13.6 Å². The molecule has 0 fully saturated rings. The standard InChI is InChI=1S/C15H32O3P/c1-3-5-7-9-10-11-13-15-18-19(16)17-14-12-8-6-4-2/h3-15H2,1-2H3/q+1. The fourth-order valence-electron chi connectivity index (χ4n) is 1.90. The van der Waals surface area contributed by atoms with Crippen LogP contribution in [0, 0.1) is 0 Å². The molecule has 0 saturated carbocycles. The van der Waals surface area contributed by atoms with Crippen LogP contribution in [0.25, 0.3) is 0 Å². The molecular formula is C15H32O3P+. The van der Waals surface area contributed by atoms with Crippen molar-refractivity contribution >= 4 is 8.25 Å². The molecule has 0 aromatic rings. The third-order valence-corrected chi connectivity index (χ3v) is 3.93. The van der Waals surface area contributed by atoms with Gasteiger partial charge in [0.15, 0.2) is 0 Å². The first-order valence-corrected chi connectivity index (χ1v) is 9.13. The van der Waals surface area contributed by atoms with E-state index < -0.39 is 8.25 Å². The van der Waals surface area contributed by atoms with Crippen LogP contribution >= 0.6 is 8.25 Å². The first-order chi connectivity index (χ1) is 9.31. The van der Waals surface area contributed by atoms with Crippen molar-refractivity contribution in [2.75, 3.05) is 13.2 Å². The second-order valence-corrected chi connectivity index (χ2v) is 6.04. The zero-order chi connectivity index (χ0) is 14.2. The molecule has 0 aromatic heterocycles. The summed E-state index contributed by atoms with van der Waals surface area (Å²) in [6.45, 7) is 5.53. The second-order valence-electron chi connectivity index (χ2n) is 5.07. The highest BCUT2D eigenvalue weighted by atomic mass is 31.1. The Bertz CT molecular complexity index is 198. The normalized spacial score (nSPS) is 11.8. The molecule has 0 spiro atoms. The lowest BCUT2D eigenvalue weighted by atomic mass is 10.1. The Morgan fingerprint density at radius 1 is 0.632 bits per heavy atom. The number of unbranched alkanes of at least 4 members (excludes halogenated alkanes) is 9. The van der Waals surface area contributed by atoms with Crippen LogP contribution < -0.4 is 0 Å². The molecule has 0 aliphatic rings. The maximum Gasteiger partial charge on any atom is 0.697 e. The van der Waals surface area contributed by atoms with Gasteiger partial charge >= 0.3 is 8.25 Å². The first kappa shape index (κ1) is 19.0. The molecule has 0 amide bonds. The highest BCUT2D eigenvalue weighted by molar-refractivity contribution is 7.33. The van der Waals surface area contributed by atoms with Gasteiger partial charge in [0, 0.05) is 4.57 Å². The van der Waals surface area contributed by atoms with Crippen LogP contribution in [0.15, 0.2) is 0 Å². The van der Waals surface area contributed by atoms with Gasteiger partial charge in [0.1, 0.15) is 13.2 Å². The Balaban J connectivity index is 3.12. The summed E-state index contributed by atoms with van der Waals surface area (Å²) in [4.78, 5) is 0. The Morgan fingerprint density at radius 2 is 1.00 bits per heavy atom. The summed E-state index contributed by atoms with van der Waals surface area (Å²) in [6, 6.07) is 0. The predicted octanol–water partition coefficient (Wildman–Crippen LogP) is 6.01. The summed E-state index contributed by atoms with van der Waals surface area (Å²) in [5.41, 5.74) is 0. The van der Waals surface area contributed by atoms with Crippen molar-refractivity contribution in [2.24, 2.45) is 0 Å². The number of hydrogen-bond acceptors (Lipinski definition) is 3. The molecule has 0 rings (SSSR count). The third kappa shape index (κ3) is 16.0. The van der Waals surface area contributed by atoms with E-state index in [0.717, 1.165) is 19.3 Å². The largest absolute Gasteiger partial charge is 0.697 e. The Morgan fingerprint density at radius 3 is 1.47 bits per heavy atom. The summed E-state index contributed by atoms with van der Waals surface area (Å²) in [5.74, 6) is 0. The molecule has 4 heteroatoms. The summed E-state index contributed by atoms with van der Waals surface area (Å²) < 4.78 is 21.7. The van der Waals surface area contributed by atoms with Crippen molar-refractivity contribution in [1.82, 2.24) is 0 Å². The smallest absolute Gasteiger partial charge is 0.119 e. The summed E-state index contributed by atoms with van der Waals surface area (Å²) in [5, 5.41) is 0. The molecule has 0 radical (unpaired) electrons. The van der Waals surface area contributed by atoms with Crippen LogP contribution in [-0.4, -0.2) is 13.2 Å². The van der Waals surface area contributed by atoms with E-state index >= 15 is 0 Å². The van der Waals surface area contributed by atoms with Crippen LogP contribution in [0.4, 0.5) is 0 Å².